The van der Waals surface area contributed by atoms with E-state index >= 15 is 0 Å². The summed E-state index contributed by atoms with van der Waals surface area (Å²) in [7, 11) is 0. The standard InChI is InChI=1S/C18H15Br2NO3/c1-11-5-2-3-6-15(11)24-8-4-7-21-16-13(17(22)18(21)23)9-12(19)10-14(16)20/h2-3,5-6,9-10H,4,7-8H2,1H3. The van der Waals surface area contributed by atoms with Gasteiger partial charge in [0.15, 0.2) is 0 Å². The van der Waals surface area contributed by atoms with E-state index in [-0.39, 0.29) is 0 Å². The van der Waals surface area contributed by atoms with Gasteiger partial charge in [-0.15, -0.1) is 0 Å². The molecule has 0 saturated carbocycles. The molecule has 0 saturated heterocycles. The average molecular weight is 453 g/mol. The number of amides is 1. The summed E-state index contributed by atoms with van der Waals surface area (Å²) in [5.41, 5.74) is 2.15. The van der Waals surface area contributed by atoms with Gasteiger partial charge in [-0.25, -0.2) is 0 Å². The molecule has 0 bridgehead atoms. The molecule has 0 aromatic heterocycles. The molecule has 2 aromatic carbocycles. The van der Waals surface area contributed by atoms with Crippen LogP contribution in [0.2, 0.25) is 0 Å². The zero-order valence-electron chi connectivity index (χ0n) is 13.0. The van der Waals surface area contributed by atoms with Crippen molar-refractivity contribution in [2.75, 3.05) is 18.1 Å². The number of ketones is 1. The predicted molar refractivity (Wildman–Crippen MR) is 99.8 cm³/mol. The number of hydrogen-bond donors (Lipinski definition) is 0. The number of para-hydroxylation sites is 1. The van der Waals surface area contributed by atoms with Crippen LogP contribution in [0.3, 0.4) is 0 Å². The normalized spacial score (nSPS) is 13.4. The van der Waals surface area contributed by atoms with E-state index in [4.69, 9.17) is 4.74 Å². The maximum Gasteiger partial charge on any atom is 0.299 e. The van der Waals surface area contributed by atoms with Crippen molar-refractivity contribution in [3.8, 4) is 5.75 Å². The van der Waals surface area contributed by atoms with Crippen LogP contribution >= 0.6 is 31.9 Å². The van der Waals surface area contributed by atoms with E-state index in [1.165, 1.54) is 4.90 Å². The molecule has 1 aliphatic heterocycles. The number of nitrogens with zero attached hydrogens (tertiary/aromatic N) is 1. The molecule has 0 spiro atoms. The van der Waals surface area contributed by atoms with Crippen LogP contribution in [0.15, 0.2) is 45.3 Å². The first-order valence-electron chi connectivity index (χ1n) is 7.52. The Kier molecular flexibility index (Phi) is 5.06. The summed E-state index contributed by atoms with van der Waals surface area (Å²) in [4.78, 5) is 25.9. The van der Waals surface area contributed by atoms with Crippen molar-refractivity contribution in [1.29, 1.82) is 0 Å². The number of benzene rings is 2. The van der Waals surface area contributed by atoms with E-state index in [2.05, 4.69) is 31.9 Å². The van der Waals surface area contributed by atoms with Crippen molar-refractivity contribution < 1.29 is 14.3 Å². The average Bonchev–Trinajstić information content (AvgIpc) is 2.78. The monoisotopic (exact) mass is 451 g/mol. The summed E-state index contributed by atoms with van der Waals surface area (Å²) in [6.07, 6.45) is 0.634. The molecular formula is C18H15Br2NO3. The lowest BCUT2D eigenvalue weighted by molar-refractivity contribution is -0.114. The topological polar surface area (TPSA) is 46.6 Å². The molecule has 0 atom stereocenters. The maximum atomic E-state index is 12.2. The van der Waals surface area contributed by atoms with Gasteiger partial charge in [0.1, 0.15) is 5.75 Å². The van der Waals surface area contributed by atoms with Gasteiger partial charge < -0.3 is 9.64 Å². The van der Waals surface area contributed by atoms with Crippen molar-refractivity contribution >= 4 is 49.2 Å². The second kappa shape index (κ2) is 7.07. The minimum Gasteiger partial charge on any atom is -0.493 e. The molecule has 1 amide bonds. The van der Waals surface area contributed by atoms with E-state index in [0.29, 0.717) is 30.8 Å². The number of ether oxygens (including phenoxy) is 1. The zero-order chi connectivity index (χ0) is 17.3. The lowest BCUT2D eigenvalue weighted by Crippen LogP contribution is -2.31. The van der Waals surface area contributed by atoms with Gasteiger partial charge in [-0.3, -0.25) is 9.59 Å². The fraction of sp³-hybridized carbons (Fsp3) is 0.222. The third kappa shape index (κ3) is 3.26. The Morgan fingerprint density at radius 1 is 1.12 bits per heavy atom. The van der Waals surface area contributed by atoms with Crippen molar-refractivity contribution in [2.24, 2.45) is 0 Å². The number of aryl methyl sites for hydroxylation is 1. The van der Waals surface area contributed by atoms with Crippen LogP contribution in [0.5, 0.6) is 5.75 Å². The van der Waals surface area contributed by atoms with E-state index in [1.54, 1.807) is 6.07 Å². The third-order valence-electron chi connectivity index (χ3n) is 3.86. The Bertz CT molecular complexity index is 820. The minimum atomic E-state index is -0.486. The summed E-state index contributed by atoms with van der Waals surface area (Å²) in [6.45, 7) is 2.90. The molecule has 4 nitrogen and oxygen atoms in total. The Hall–Kier alpha value is -1.66. The Balaban J connectivity index is 1.68. The summed E-state index contributed by atoms with van der Waals surface area (Å²) in [5, 5.41) is 0. The van der Waals surface area contributed by atoms with Gasteiger partial charge in [0.05, 0.1) is 17.9 Å². The van der Waals surface area contributed by atoms with Crippen LogP contribution in [0.1, 0.15) is 22.3 Å². The van der Waals surface area contributed by atoms with Gasteiger partial charge in [-0.2, -0.15) is 0 Å². The lowest BCUT2D eigenvalue weighted by atomic mass is 10.1. The number of Topliss-reactive ketones (excluding diaryl/α,β-unsaturated/α-hetero) is 1. The quantitative estimate of drug-likeness (QED) is 0.495. The lowest BCUT2D eigenvalue weighted by Gasteiger charge is -2.18. The van der Waals surface area contributed by atoms with Crippen LogP contribution in [0.25, 0.3) is 0 Å². The van der Waals surface area contributed by atoms with Crippen molar-refractivity contribution in [3.05, 3.63) is 56.5 Å². The van der Waals surface area contributed by atoms with E-state index in [1.807, 2.05) is 37.3 Å². The molecule has 2 aromatic rings. The van der Waals surface area contributed by atoms with Crippen LogP contribution in [-0.2, 0) is 4.79 Å². The SMILES string of the molecule is Cc1ccccc1OCCCN1C(=O)C(=O)c2cc(Br)cc(Br)c21. The van der Waals surface area contributed by atoms with E-state index in [0.717, 1.165) is 20.3 Å². The molecule has 6 heteroatoms. The first kappa shape index (κ1) is 17.2. The van der Waals surface area contributed by atoms with Gasteiger partial charge in [-0.05, 0) is 53.0 Å². The highest BCUT2D eigenvalue weighted by Gasteiger charge is 2.37. The van der Waals surface area contributed by atoms with Gasteiger partial charge in [0.2, 0.25) is 0 Å². The van der Waals surface area contributed by atoms with Crippen molar-refractivity contribution in [1.82, 2.24) is 0 Å². The number of carbonyl (C=O) groups excluding carboxylic acids is 2. The molecule has 1 aliphatic rings. The summed E-state index contributed by atoms with van der Waals surface area (Å²) < 4.78 is 7.24. The highest BCUT2D eigenvalue weighted by molar-refractivity contribution is 9.11. The predicted octanol–water partition coefficient (Wildman–Crippen LogP) is 4.52. The van der Waals surface area contributed by atoms with Crippen LogP contribution in [-0.4, -0.2) is 24.8 Å². The molecule has 0 aliphatic carbocycles. The smallest absolute Gasteiger partial charge is 0.299 e. The second-order valence-corrected chi connectivity index (χ2v) is 7.31. The molecule has 124 valence electrons. The summed E-state index contributed by atoms with van der Waals surface area (Å²) in [6, 6.07) is 11.3. The highest BCUT2D eigenvalue weighted by Crippen LogP contribution is 2.38. The van der Waals surface area contributed by atoms with Crippen molar-refractivity contribution in [2.45, 2.75) is 13.3 Å². The fourth-order valence-corrected chi connectivity index (χ4v) is 4.13. The molecule has 0 N–H and O–H groups in total. The Labute approximate surface area is 157 Å². The van der Waals surface area contributed by atoms with Gasteiger partial charge in [-0.1, -0.05) is 34.1 Å². The number of halogens is 2. The number of hydrogen-bond acceptors (Lipinski definition) is 3. The molecule has 24 heavy (non-hydrogen) atoms. The fourth-order valence-electron chi connectivity index (χ4n) is 2.69. The van der Waals surface area contributed by atoms with Gasteiger partial charge in [0, 0.05) is 15.5 Å². The number of anilines is 1. The van der Waals surface area contributed by atoms with Crippen LogP contribution in [0, 0.1) is 6.92 Å². The molecule has 0 unspecified atom stereocenters. The second-order valence-electron chi connectivity index (χ2n) is 5.54. The first-order chi connectivity index (χ1) is 11.5. The van der Waals surface area contributed by atoms with Crippen molar-refractivity contribution in [3.63, 3.8) is 0 Å². The van der Waals surface area contributed by atoms with Crippen LogP contribution < -0.4 is 9.64 Å². The maximum absolute atomic E-state index is 12.2. The molecule has 3 rings (SSSR count). The first-order valence-corrected chi connectivity index (χ1v) is 9.11. The molecule has 0 fully saturated rings. The third-order valence-corrected chi connectivity index (χ3v) is 4.92. The molecule has 0 radical (unpaired) electrons. The molecular weight excluding hydrogens is 438 g/mol. The highest BCUT2D eigenvalue weighted by atomic mass is 79.9. The largest absolute Gasteiger partial charge is 0.493 e. The number of carbonyl (C=O) groups is 2. The van der Waals surface area contributed by atoms with Crippen LogP contribution in [0.4, 0.5) is 5.69 Å². The summed E-state index contributed by atoms with van der Waals surface area (Å²) >= 11 is 6.79. The Morgan fingerprint density at radius 3 is 2.62 bits per heavy atom. The number of fused-ring (bicyclic) bond motifs is 1. The Morgan fingerprint density at radius 2 is 1.88 bits per heavy atom. The van der Waals surface area contributed by atoms with E-state index in [9.17, 15) is 9.59 Å². The van der Waals surface area contributed by atoms with E-state index < -0.39 is 11.7 Å². The summed E-state index contributed by atoms with van der Waals surface area (Å²) in [5.74, 6) is -0.113. The zero-order valence-corrected chi connectivity index (χ0v) is 16.2. The molecule has 1 heterocycles. The van der Waals surface area contributed by atoms with Gasteiger partial charge in [0.25, 0.3) is 11.7 Å². The van der Waals surface area contributed by atoms with Gasteiger partial charge >= 0.3 is 0 Å². The minimum absolute atomic E-state index is 0.432. The number of rotatable bonds is 5.